The molecule has 0 bridgehead atoms. The average molecular weight is 331 g/mol. The maximum atomic E-state index is 12.5. The molecule has 0 spiro atoms. The second-order valence-corrected chi connectivity index (χ2v) is 6.67. The third kappa shape index (κ3) is 4.10. The summed E-state index contributed by atoms with van der Waals surface area (Å²) in [7, 11) is 0. The molecule has 1 aromatic carbocycles. The number of ether oxygens (including phenoxy) is 1. The van der Waals surface area contributed by atoms with Gasteiger partial charge in [-0.1, -0.05) is 13.8 Å². The summed E-state index contributed by atoms with van der Waals surface area (Å²) in [5.41, 5.74) is 2.08. The van der Waals surface area contributed by atoms with Crippen molar-refractivity contribution >= 4 is 16.9 Å². The van der Waals surface area contributed by atoms with Crippen molar-refractivity contribution in [3.8, 4) is 0 Å². The van der Waals surface area contributed by atoms with Gasteiger partial charge in [0.1, 0.15) is 11.0 Å². The zero-order chi connectivity index (χ0) is 16.9. The topological polar surface area (TPSA) is 83.1 Å². The maximum absolute atomic E-state index is 12.5. The summed E-state index contributed by atoms with van der Waals surface area (Å²) in [5.74, 6) is 0.517. The average Bonchev–Trinajstić information content (AvgIpc) is 3.06. The second kappa shape index (κ2) is 7.72. The van der Waals surface area contributed by atoms with Crippen LogP contribution in [0.1, 0.15) is 30.6 Å². The van der Waals surface area contributed by atoms with Crippen LogP contribution in [0.25, 0.3) is 11.0 Å². The van der Waals surface area contributed by atoms with Crippen LogP contribution < -0.4 is 5.32 Å². The molecule has 130 valence electrons. The lowest BCUT2D eigenvalue weighted by molar-refractivity contribution is 0.0124. The highest BCUT2D eigenvalue weighted by atomic mass is 16.5. The Bertz CT molecular complexity index is 678. The number of hydrogen-bond donors (Lipinski definition) is 2. The first-order valence-electron chi connectivity index (χ1n) is 8.54. The number of nitrogens with one attached hydrogen (secondary N) is 2. The van der Waals surface area contributed by atoms with Crippen molar-refractivity contribution in [3.63, 3.8) is 0 Å². The molecular formula is C17H25N5O2. The third-order valence-electron chi connectivity index (χ3n) is 4.38. The highest BCUT2D eigenvalue weighted by molar-refractivity contribution is 5.97. The van der Waals surface area contributed by atoms with E-state index in [2.05, 4.69) is 39.5 Å². The Morgan fingerprint density at radius 1 is 1.29 bits per heavy atom. The van der Waals surface area contributed by atoms with Crippen LogP contribution in [0.4, 0.5) is 0 Å². The van der Waals surface area contributed by atoms with Gasteiger partial charge in [-0.05, 0) is 30.5 Å². The molecule has 1 unspecified atom stereocenters. The molecule has 7 nitrogen and oxygen atoms in total. The summed E-state index contributed by atoms with van der Waals surface area (Å²) < 4.78 is 5.44. The van der Waals surface area contributed by atoms with Crippen LogP contribution in [0.3, 0.4) is 0 Å². The Morgan fingerprint density at radius 3 is 2.79 bits per heavy atom. The predicted octanol–water partition coefficient (Wildman–Crippen LogP) is 1.43. The van der Waals surface area contributed by atoms with Gasteiger partial charge in [0, 0.05) is 31.2 Å². The van der Waals surface area contributed by atoms with E-state index in [4.69, 9.17) is 4.74 Å². The van der Waals surface area contributed by atoms with E-state index in [1.54, 1.807) is 18.2 Å². The Hall–Kier alpha value is -1.99. The maximum Gasteiger partial charge on any atom is 0.251 e. The minimum atomic E-state index is -0.0677. The van der Waals surface area contributed by atoms with Crippen LogP contribution in [-0.4, -0.2) is 65.1 Å². The number of H-pyrrole nitrogens is 1. The second-order valence-electron chi connectivity index (χ2n) is 6.67. The smallest absolute Gasteiger partial charge is 0.251 e. The van der Waals surface area contributed by atoms with E-state index in [0.29, 0.717) is 29.6 Å². The van der Waals surface area contributed by atoms with E-state index in [1.807, 2.05) is 0 Å². The predicted molar refractivity (Wildman–Crippen MR) is 91.9 cm³/mol. The van der Waals surface area contributed by atoms with Crippen molar-refractivity contribution in [1.29, 1.82) is 0 Å². The molecule has 1 saturated heterocycles. The van der Waals surface area contributed by atoms with Gasteiger partial charge in [-0.3, -0.25) is 9.69 Å². The van der Waals surface area contributed by atoms with Crippen LogP contribution in [0.2, 0.25) is 0 Å². The summed E-state index contributed by atoms with van der Waals surface area (Å²) in [6.07, 6.45) is 1.06. The molecule has 0 saturated carbocycles. The highest BCUT2D eigenvalue weighted by Gasteiger charge is 2.22. The number of hydrogen-bond acceptors (Lipinski definition) is 5. The standard InChI is InChI=1S/C17H25N5O2/c1-12(2)9-14(22-5-7-24-8-6-22)11-18-17(23)13-3-4-15-16(10-13)20-21-19-15/h3-4,10,12,14H,5-9,11H2,1-2H3,(H,18,23)(H,19,20,21). The first kappa shape index (κ1) is 16.9. The first-order chi connectivity index (χ1) is 11.6. The molecule has 7 heteroatoms. The summed E-state index contributed by atoms with van der Waals surface area (Å²) in [6, 6.07) is 5.70. The summed E-state index contributed by atoms with van der Waals surface area (Å²) in [6.45, 7) is 8.47. The Kier molecular flexibility index (Phi) is 5.42. The lowest BCUT2D eigenvalue weighted by Gasteiger charge is -2.35. The molecule has 3 rings (SSSR count). The van der Waals surface area contributed by atoms with Gasteiger partial charge in [0.2, 0.25) is 0 Å². The number of fused-ring (bicyclic) bond motifs is 1. The number of morpholine rings is 1. The molecule has 2 aromatic rings. The van der Waals surface area contributed by atoms with E-state index in [-0.39, 0.29) is 5.91 Å². The number of aromatic nitrogens is 3. The number of carbonyl (C=O) groups is 1. The van der Waals surface area contributed by atoms with E-state index >= 15 is 0 Å². The number of carbonyl (C=O) groups excluding carboxylic acids is 1. The van der Waals surface area contributed by atoms with Gasteiger partial charge in [-0.2, -0.15) is 15.4 Å². The van der Waals surface area contributed by atoms with Gasteiger partial charge < -0.3 is 10.1 Å². The molecule has 1 aliphatic rings. The van der Waals surface area contributed by atoms with Crippen LogP contribution >= 0.6 is 0 Å². The normalized spacial score (nSPS) is 17.3. The SMILES string of the molecule is CC(C)CC(CNC(=O)c1ccc2n[nH]nc2c1)N1CCOCC1. The molecule has 0 radical (unpaired) electrons. The van der Waals surface area contributed by atoms with E-state index in [9.17, 15) is 4.79 Å². The largest absolute Gasteiger partial charge is 0.379 e. The first-order valence-corrected chi connectivity index (χ1v) is 8.54. The lowest BCUT2D eigenvalue weighted by Crippen LogP contribution is -2.49. The van der Waals surface area contributed by atoms with E-state index in [1.165, 1.54) is 0 Å². The fourth-order valence-corrected chi connectivity index (χ4v) is 3.14. The lowest BCUT2D eigenvalue weighted by atomic mass is 10.0. The molecule has 1 aromatic heterocycles. The molecule has 1 amide bonds. The molecule has 2 heterocycles. The van der Waals surface area contributed by atoms with Gasteiger partial charge >= 0.3 is 0 Å². The molecule has 1 aliphatic heterocycles. The Balaban J connectivity index is 1.62. The van der Waals surface area contributed by atoms with E-state index < -0.39 is 0 Å². The fourth-order valence-electron chi connectivity index (χ4n) is 3.14. The van der Waals surface area contributed by atoms with Crippen molar-refractivity contribution in [3.05, 3.63) is 23.8 Å². The number of benzene rings is 1. The van der Waals surface area contributed by atoms with Gasteiger partial charge in [-0.15, -0.1) is 0 Å². The van der Waals surface area contributed by atoms with Crippen molar-refractivity contribution in [2.24, 2.45) is 5.92 Å². The Morgan fingerprint density at radius 2 is 2.04 bits per heavy atom. The van der Waals surface area contributed by atoms with E-state index in [0.717, 1.165) is 38.2 Å². The van der Waals surface area contributed by atoms with Crippen LogP contribution in [0.5, 0.6) is 0 Å². The van der Waals surface area contributed by atoms with Crippen molar-refractivity contribution in [1.82, 2.24) is 25.6 Å². The number of amides is 1. The van der Waals surface area contributed by atoms with Crippen molar-refractivity contribution < 1.29 is 9.53 Å². The fraction of sp³-hybridized carbons (Fsp3) is 0.588. The van der Waals surface area contributed by atoms with Gasteiger partial charge in [0.15, 0.2) is 0 Å². The Labute approximate surface area is 141 Å². The minimum absolute atomic E-state index is 0.0677. The third-order valence-corrected chi connectivity index (χ3v) is 4.38. The van der Waals surface area contributed by atoms with Gasteiger partial charge in [-0.25, -0.2) is 0 Å². The zero-order valence-corrected chi connectivity index (χ0v) is 14.3. The monoisotopic (exact) mass is 331 g/mol. The van der Waals surface area contributed by atoms with Crippen molar-refractivity contribution in [2.45, 2.75) is 26.3 Å². The molecule has 1 fully saturated rings. The molecule has 1 atom stereocenters. The zero-order valence-electron chi connectivity index (χ0n) is 14.3. The quantitative estimate of drug-likeness (QED) is 0.837. The summed E-state index contributed by atoms with van der Waals surface area (Å²) in [5, 5.41) is 13.7. The number of nitrogens with zero attached hydrogens (tertiary/aromatic N) is 3. The molecule has 2 N–H and O–H groups in total. The van der Waals surface area contributed by atoms with Crippen LogP contribution in [-0.2, 0) is 4.74 Å². The van der Waals surface area contributed by atoms with Gasteiger partial charge in [0.25, 0.3) is 5.91 Å². The summed E-state index contributed by atoms with van der Waals surface area (Å²) in [4.78, 5) is 14.9. The molecule has 0 aliphatic carbocycles. The van der Waals surface area contributed by atoms with Crippen molar-refractivity contribution in [2.75, 3.05) is 32.8 Å². The number of rotatable bonds is 6. The minimum Gasteiger partial charge on any atom is -0.379 e. The van der Waals surface area contributed by atoms with Crippen LogP contribution in [0, 0.1) is 5.92 Å². The molecule has 24 heavy (non-hydrogen) atoms. The summed E-state index contributed by atoms with van der Waals surface area (Å²) >= 11 is 0. The highest BCUT2D eigenvalue weighted by Crippen LogP contribution is 2.14. The van der Waals surface area contributed by atoms with Gasteiger partial charge in [0.05, 0.1) is 13.2 Å². The van der Waals surface area contributed by atoms with Crippen LogP contribution in [0.15, 0.2) is 18.2 Å². The number of aromatic amines is 1. The molecular weight excluding hydrogens is 306 g/mol.